The fourth-order valence-corrected chi connectivity index (χ4v) is 10.8. The first kappa shape index (κ1) is 42.4. The quantitative estimate of drug-likeness (QED) is 0.105. The first-order valence-electron chi connectivity index (χ1n) is 17.6. The third kappa shape index (κ3) is 10.7. The number of anilines is 1. The van der Waals surface area contributed by atoms with E-state index in [4.69, 9.17) is 37.4 Å². The fourth-order valence-electron chi connectivity index (χ4n) is 6.21. The normalized spacial score (nSPS) is 18.9. The van der Waals surface area contributed by atoms with Gasteiger partial charge in [0.25, 0.3) is 0 Å². The monoisotopic (exact) mass is 880 g/mol. The Bertz CT molecular complexity index is 2070. The number of carbonyl (C=O) groups is 1. The number of alkyl halides is 2. The lowest BCUT2D eigenvalue weighted by Crippen LogP contribution is -2.43. The molecule has 1 aliphatic carbocycles. The van der Waals surface area contributed by atoms with Crippen LogP contribution in [0.25, 0.3) is 0 Å². The number of pyridine rings is 1. The number of hydrogen-bond acceptors (Lipinski definition) is 12. The largest absolute Gasteiger partial charge is 0.619 e. The number of halogens is 4. The zero-order valence-corrected chi connectivity index (χ0v) is 34.1. The molecule has 3 aromatic rings. The van der Waals surface area contributed by atoms with Crippen molar-refractivity contribution in [2.75, 3.05) is 68.9 Å². The van der Waals surface area contributed by atoms with Crippen molar-refractivity contribution in [3.8, 4) is 11.5 Å². The van der Waals surface area contributed by atoms with Crippen LogP contribution in [0.4, 0.5) is 14.5 Å². The van der Waals surface area contributed by atoms with Crippen molar-refractivity contribution < 1.29 is 54.1 Å². The Morgan fingerprint density at radius 3 is 2.34 bits per heavy atom. The molecule has 3 heterocycles. The van der Waals surface area contributed by atoms with Crippen molar-refractivity contribution in [3.63, 3.8) is 0 Å². The van der Waals surface area contributed by atoms with Gasteiger partial charge in [-0.1, -0.05) is 29.3 Å². The van der Waals surface area contributed by atoms with Crippen LogP contribution in [0.5, 0.6) is 11.5 Å². The third-order valence-electron chi connectivity index (χ3n) is 9.34. The number of benzene rings is 2. The van der Waals surface area contributed by atoms with E-state index < -0.39 is 44.1 Å². The number of esters is 1. The molecule has 0 spiro atoms. The maximum absolute atomic E-state index is 14.0. The summed E-state index contributed by atoms with van der Waals surface area (Å²) in [6.45, 7) is 0.118. The Morgan fingerprint density at radius 1 is 1.04 bits per heavy atom. The Kier molecular flexibility index (Phi) is 13.8. The van der Waals surface area contributed by atoms with E-state index in [1.165, 1.54) is 46.8 Å². The Morgan fingerprint density at radius 2 is 1.71 bits per heavy atom. The van der Waals surface area contributed by atoms with E-state index in [9.17, 15) is 35.6 Å². The first-order valence-corrected chi connectivity index (χ1v) is 22.7. The lowest BCUT2D eigenvalue weighted by atomic mass is 10.0. The number of sulfonamides is 2. The van der Waals surface area contributed by atoms with Crippen molar-refractivity contribution in [3.05, 3.63) is 81.2 Å². The van der Waals surface area contributed by atoms with Crippen LogP contribution in [0.1, 0.15) is 30.1 Å². The van der Waals surface area contributed by atoms with Crippen molar-refractivity contribution in [1.82, 2.24) is 9.21 Å². The predicted molar refractivity (Wildman–Crippen MR) is 205 cm³/mol. The molecule has 3 aliphatic rings. The number of ether oxygens (including phenoxy) is 4. The number of rotatable bonds is 17. The summed E-state index contributed by atoms with van der Waals surface area (Å²) >= 11 is 13.8. The summed E-state index contributed by atoms with van der Waals surface area (Å²) in [6, 6.07) is 9.44. The van der Waals surface area contributed by atoms with Crippen LogP contribution in [0.2, 0.25) is 10.0 Å². The van der Waals surface area contributed by atoms with Gasteiger partial charge in [0, 0.05) is 50.5 Å². The van der Waals surface area contributed by atoms with Gasteiger partial charge in [-0.25, -0.2) is 21.6 Å². The highest BCUT2D eigenvalue weighted by Crippen LogP contribution is 2.39. The molecule has 0 N–H and O–H groups in total. The molecular formula is C35H40Cl2F2N4O10S3. The minimum Gasteiger partial charge on any atom is -0.619 e. The van der Waals surface area contributed by atoms with Crippen molar-refractivity contribution in [2.24, 2.45) is 5.92 Å². The second-order valence-electron chi connectivity index (χ2n) is 13.4. The molecule has 56 heavy (non-hydrogen) atoms. The molecule has 6 rings (SSSR count). The SMILES string of the molecule is CS(=O)(=O)N(CCN1CCOCC1)c1ccc(S(=O)(=O)N2CCSC2C(=O)OC(Cc2c(Cl)c[n+]([O-])cc2Cl)c2ccc(OC(F)F)c(OCC3CC3)c2)cc1. The van der Waals surface area contributed by atoms with E-state index in [0.29, 0.717) is 37.6 Å². The van der Waals surface area contributed by atoms with Gasteiger partial charge in [-0.2, -0.15) is 17.8 Å². The van der Waals surface area contributed by atoms with Gasteiger partial charge < -0.3 is 24.2 Å². The summed E-state index contributed by atoms with van der Waals surface area (Å²) in [5.41, 5.74) is 0.789. The van der Waals surface area contributed by atoms with E-state index in [1.807, 2.05) is 0 Å². The summed E-state index contributed by atoms with van der Waals surface area (Å²) < 4.78 is 105. The minimum atomic E-state index is -4.32. The molecule has 0 radical (unpaired) electrons. The van der Waals surface area contributed by atoms with Gasteiger partial charge in [-0.05, 0) is 60.7 Å². The zero-order chi connectivity index (χ0) is 40.2. The highest BCUT2D eigenvalue weighted by Gasteiger charge is 2.42. The molecule has 3 fully saturated rings. The second-order valence-corrected chi connectivity index (χ2v) is 19.2. The number of hydrogen-bond donors (Lipinski definition) is 0. The summed E-state index contributed by atoms with van der Waals surface area (Å²) in [5.74, 6) is -0.667. The van der Waals surface area contributed by atoms with Crippen molar-refractivity contribution in [2.45, 2.75) is 42.2 Å². The van der Waals surface area contributed by atoms with Crippen molar-refractivity contribution >= 4 is 66.7 Å². The van der Waals surface area contributed by atoms with Gasteiger partial charge in [0.1, 0.15) is 16.1 Å². The van der Waals surface area contributed by atoms with Gasteiger partial charge in [0.2, 0.25) is 20.0 Å². The molecule has 1 aromatic heterocycles. The average Bonchev–Trinajstić information content (AvgIpc) is 3.83. The molecule has 1 saturated carbocycles. The van der Waals surface area contributed by atoms with Crippen LogP contribution < -0.4 is 18.5 Å². The molecule has 2 atom stereocenters. The number of carbonyl (C=O) groups excluding carboxylic acids is 1. The summed E-state index contributed by atoms with van der Waals surface area (Å²) in [5, 5.41) is 10.6. The minimum absolute atomic E-state index is 0.0168. The number of aromatic nitrogens is 1. The van der Waals surface area contributed by atoms with E-state index in [1.54, 1.807) is 0 Å². The number of nitrogens with zero attached hydrogens (tertiary/aromatic N) is 4. The predicted octanol–water partition coefficient (Wildman–Crippen LogP) is 4.71. The maximum atomic E-state index is 14.0. The molecule has 306 valence electrons. The van der Waals surface area contributed by atoms with E-state index in [2.05, 4.69) is 9.64 Å². The highest BCUT2D eigenvalue weighted by atomic mass is 35.5. The van der Waals surface area contributed by atoms with Crippen LogP contribution in [0.15, 0.2) is 59.8 Å². The molecular weight excluding hydrogens is 842 g/mol. The molecule has 2 unspecified atom stereocenters. The summed E-state index contributed by atoms with van der Waals surface area (Å²) in [4.78, 5) is 15.9. The Balaban J connectivity index is 1.24. The van der Waals surface area contributed by atoms with Crippen LogP contribution in [0, 0.1) is 11.1 Å². The zero-order valence-electron chi connectivity index (χ0n) is 30.1. The Labute approximate surface area is 338 Å². The van der Waals surface area contributed by atoms with Gasteiger partial charge >= 0.3 is 12.6 Å². The lowest BCUT2D eigenvalue weighted by molar-refractivity contribution is -0.605. The Hall–Kier alpha value is -3.17. The van der Waals surface area contributed by atoms with E-state index in [-0.39, 0.29) is 81.0 Å². The molecule has 0 amide bonds. The van der Waals surface area contributed by atoms with Gasteiger partial charge in [0.05, 0.1) is 36.7 Å². The van der Waals surface area contributed by atoms with E-state index in [0.717, 1.165) is 47.6 Å². The first-order chi connectivity index (χ1) is 26.6. The molecule has 2 aliphatic heterocycles. The lowest BCUT2D eigenvalue weighted by Gasteiger charge is -2.30. The fraction of sp³-hybridized carbons (Fsp3) is 0.486. The second kappa shape index (κ2) is 18.2. The standard InChI is InChI=1S/C35H40Cl2F2N4O10S3/c1-55(46,47)42(11-10-40-12-15-50-16-13-40)25-5-7-26(8-6-25)56(48,49)43-14-17-54-33(43)34(44)52-31(19-27-28(36)20-41(45)21-29(27)37)24-4-9-30(53-35(38)39)32(18-24)51-22-23-2-3-23/h4-9,18,20-21,23,31,33,35H,2-3,10-17,19,22H2,1H3. The van der Waals surface area contributed by atoms with Crippen LogP contribution in [-0.4, -0.2) is 109 Å². The molecule has 21 heteroatoms. The van der Waals surface area contributed by atoms with E-state index >= 15 is 0 Å². The molecule has 2 aromatic carbocycles. The number of thioether (sulfide) groups is 1. The molecule has 0 bridgehead atoms. The third-order valence-corrected chi connectivity index (χ3v) is 14.4. The highest BCUT2D eigenvalue weighted by molar-refractivity contribution is 8.02. The van der Waals surface area contributed by atoms with Gasteiger partial charge in [0.15, 0.2) is 29.3 Å². The van der Waals surface area contributed by atoms with Crippen LogP contribution in [0.3, 0.4) is 0 Å². The van der Waals surface area contributed by atoms with Gasteiger partial charge in [-0.15, -0.1) is 11.8 Å². The molecule has 2 saturated heterocycles. The molecule has 14 nitrogen and oxygen atoms in total. The van der Waals surface area contributed by atoms with Crippen LogP contribution >= 0.6 is 35.0 Å². The van der Waals surface area contributed by atoms with Crippen molar-refractivity contribution in [1.29, 1.82) is 0 Å². The maximum Gasteiger partial charge on any atom is 0.387 e. The van der Waals surface area contributed by atoms with Crippen LogP contribution in [-0.2, 0) is 40.7 Å². The topological polar surface area (TPSA) is 159 Å². The average molecular weight is 882 g/mol. The summed E-state index contributed by atoms with van der Waals surface area (Å²) in [6.07, 6.45) is 3.66. The van der Waals surface area contributed by atoms with Gasteiger partial charge in [-0.3, -0.25) is 9.21 Å². The number of morpholine rings is 1. The summed E-state index contributed by atoms with van der Waals surface area (Å²) in [7, 11) is -8.03. The smallest absolute Gasteiger partial charge is 0.387 e.